The quantitative estimate of drug-likeness (QED) is 0.323. The second-order valence-corrected chi connectivity index (χ2v) is 14.6. The van der Waals surface area contributed by atoms with Crippen molar-refractivity contribution in [3.8, 4) is 0 Å². The summed E-state index contributed by atoms with van der Waals surface area (Å²) in [4.78, 5) is 15.7. The van der Waals surface area contributed by atoms with Gasteiger partial charge < -0.3 is 9.79 Å². The minimum absolute atomic E-state index is 0.0413. The summed E-state index contributed by atoms with van der Waals surface area (Å²) in [6.45, 7) is 7.02. The van der Waals surface area contributed by atoms with Crippen LogP contribution in [0.4, 0.5) is 0 Å². The predicted octanol–water partition coefficient (Wildman–Crippen LogP) is 3.24. The number of thiol groups is 1. The van der Waals surface area contributed by atoms with Gasteiger partial charge in [-0.15, -0.1) is 0 Å². The Morgan fingerprint density at radius 3 is 2.08 bits per heavy atom. The summed E-state index contributed by atoms with van der Waals surface area (Å²) in [5, 5.41) is 1.61. The molecule has 0 saturated carbocycles. The van der Waals surface area contributed by atoms with Gasteiger partial charge in [0, 0.05) is 0 Å². The van der Waals surface area contributed by atoms with Gasteiger partial charge in [0.25, 0.3) is 0 Å². The fourth-order valence-electron chi connectivity index (χ4n) is 0.803. The summed E-state index contributed by atoms with van der Waals surface area (Å²) in [5.74, 6) is 0. The molecule has 0 heterocycles. The van der Waals surface area contributed by atoms with Gasteiger partial charge in [-0.1, -0.05) is 12.2 Å². The van der Waals surface area contributed by atoms with Crippen LogP contribution < -0.4 is 0 Å². The van der Waals surface area contributed by atoms with E-state index in [4.69, 9.17) is 9.79 Å². The average Bonchev–Trinajstić information content (AvgIpc) is 1.83. The number of rotatable bonds is 4. The molecule has 0 aromatic carbocycles. The van der Waals surface area contributed by atoms with E-state index < -0.39 is 5.69 Å². The maximum absolute atomic E-state index is 7.87. The van der Waals surface area contributed by atoms with Crippen LogP contribution in [0, 0.1) is 0 Å². The standard InChI is InChI=1S/C4H9.C3H7.H3O2PS2.Zn/c1-3-4-2;1-3-2;1-3(2,4)5;/h1,3-4H2,2H3;3H,1-2H3;(H3,1,2,4,5);. The molecule has 0 radical (unpaired) electrons. The SMILES string of the molecule is CCC[CH2][Zn][CH](C)C.OP(O)(=S)S. The van der Waals surface area contributed by atoms with E-state index in [1.165, 1.54) is 12.8 Å². The number of unbranched alkanes of at least 4 members (excludes halogenated alkanes) is 1. The minimum Gasteiger partial charge on any atom is -0.338 e. The van der Waals surface area contributed by atoms with E-state index in [2.05, 4.69) is 44.8 Å². The van der Waals surface area contributed by atoms with Gasteiger partial charge in [0.2, 0.25) is 5.69 Å². The van der Waals surface area contributed by atoms with Gasteiger partial charge in [0.1, 0.15) is 0 Å². The molecule has 0 aliphatic carbocycles. The first-order valence-corrected chi connectivity index (χ1v) is 12.2. The normalized spacial score (nSPS) is 10.4. The Kier molecular flexibility index (Phi) is 13.1. The van der Waals surface area contributed by atoms with Gasteiger partial charge in [-0.3, -0.25) is 0 Å². The molecular formula is C7H19O2PS2Zn. The Morgan fingerprint density at radius 1 is 1.46 bits per heavy atom. The molecule has 13 heavy (non-hydrogen) atoms. The van der Waals surface area contributed by atoms with Crippen LogP contribution in [0.25, 0.3) is 0 Å². The fraction of sp³-hybridized carbons (Fsp3) is 1.00. The molecule has 2 N–H and O–H groups in total. The monoisotopic (exact) mass is 294 g/mol. The molecule has 0 unspecified atom stereocenters. The van der Waals surface area contributed by atoms with Gasteiger partial charge in [-0.05, 0) is 11.8 Å². The third kappa shape index (κ3) is 42.1. The van der Waals surface area contributed by atoms with Crippen LogP contribution in [0.1, 0.15) is 33.6 Å². The summed E-state index contributed by atoms with van der Waals surface area (Å²) in [5.41, 5.74) is -3.11. The van der Waals surface area contributed by atoms with Gasteiger partial charge >= 0.3 is 60.3 Å². The molecule has 0 aliphatic rings. The summed E-state index contributed by atoms with van der Waals surface area (Å²) >= 11 is 7.03. The zero-order valence-corrected chi connectivity index (χ0v) is 14.2. The molecular weight excluding hydrogens is 277 g/mol. The van der Waals surface area contributed by atoms with E-state index in [1.807, 2.05) is 0 Å². The van der Waals surface area contributed by atoms with Crippen LogP contribution >= 0.6 is 17.9 Å². The second-order valence-electron chi connectivity index (χ2n) is 3.40. The van der Waals surface area contributed by atoms with Crippen LogP contribution in [0.5, 0.6) is 0 Å². The molecule has 0 spiro atoms. The summed E-state index contributed by atoms with van der Waals surface area (Å²) in [7, 11) is 0. The van der Waals surface area contributed by atoms with E-state index in [1.54, 1.807) is 5.02 Å². The van der Waals surface area contributed by atoms with Gasteiger partial charge in [0.05, 0.1) is 0 Å². The second kappa shape index (κ2) is 10.1. The van der Waals surface area contributed by atoms with Crippen molar-refractivity contribution in [2.75, 3.05) is 0 Å². The Balaban J connectivity index is 0. The molecule has 0 fully saturated rings. The number of hydrogen-bond acceptors (Lipinski definition) is 1. The average molecular weight is 296 g/mol. The molecule has 0 atom stereocenters. The molecule has 0 amide bonds. The predicted molar refractivity (Wildman–Crippen MR) is 62.5 cm³/mol. The van der Waals surface area contributed by atoms with Crippen molar-refractivity contribution in [3.63, 3.8) is 0 Å². The van der Waals surface area contributed by atoms with Crippen molar-refractivity contribution in [3.05, 3.63) is 0 Å². The van der Waals surface area contributed by atoms with Crippen LogP contribution in [0.15, 0.2) is 0 Å². The maximum atomic E-state index is 7.87. The van der Waals surface area contributed by atoms with Crippen molar-refractivity contribution in [1.82, 2.24) is 0 Å². The summed E-state index contributed by atoms with van der Waals surface area (Å²) in [6.07, 6.45) is 2.90. The Hall–Kier alpha value is 1.54. The van der Waals surface area contributed by atoms with E-state index in [9.17, 15) is 0 Å². The maximum Gasteiger partial charge on any atom is 0.239 e. The van der Waals surface area contributed by atoms with Crippen LogP contribution in [0.2, 0.25) is 9.53 Å². The van der Waals surface area contributed by atoms with Gasteiger partial charge in [-0.2, -0.15) is 0 Å². The van der Waals surface area contributed by atoms with Crippen molar-refractivity contribution in [2.45, 2.75) is 43.1 Å². The van der Waals surface area contributed by atoms with Crippen LogP contribution in [-0.2, 0) is 28.9 Å². The summed E-state index contributed by atoms with van der Waals surface area (Å²) in [6, 6.07) is 0. The van der Waals surface area contributed by atoms with E-state index >= 15 is 0 Å². The fourth-order valence-corrected chi connectivity index (χ4v) is 4.17. The molecule has 0 aromatic heterocycles. The smallest absolute Gasteiger partial charge is 0.239 e. The van der Waals surface area contributed by atoms with Crippen LogP contribution in [-0.4, -0.2) is 9.79 Å². The topological polar surface area (TPSA) is 40.5 Å². The molecule has 6 heteroatoms. The molecule has 0 aromatic rings. The van der Waals surface area contributed by atoms with Crippen molar-refractivity contribution in [2.24, 2.45) is 0 Å². The third-order valence-electron chi connectivity index (χ3n) is 1.39. The zero-order chi connectivity index (χ0) is 10.9. The Labute approximate surface area is 99.4 Å². The zero-order valence-electron chi connectivity index (χ0n) is 8.60. The van der Waals surface area contributed by atoms with Crippen molar-refractivity contribution < 1.29 is 26.9 Å². The minimum atomic E-state index is -3.11. The Morgan fingerprint density at radius 2 is 1.85 bits per heavy atom. The van der Waals surface area contributed by atoms with Crippen molar-refractivity contribution >= 4 is 29.7 Å². The Bertz CT molecular complexity index is 141. The summed E-state index contributed by atoms with van der Waals surface area (Å²) < 4.78 is 1.09. The van der Waals surface area contributed by atoms with E-state index in [0.29, 0.717) is 0 Å². The van der Waals surface area contributed by atoms with E-state index in [-0.39, 0.29) is 17.1 Å². The first kappa shape index (κ1) is 17.0. The van der Waals surface area contributed by atoms with Crippen molar-refractivity contribution in [1.29, 1.82) is 0 Å². The molecule has 0 saturated heterocycles. The molecule has 0 rings (SSSR count). The molecule has 0 aliphatic heterocycles. The van der Waals surface area contributed by atoms with E-state index in [0.717, 1.165) is 4.51 Å². The largest absolute Gasteiger partial charge is 0.338 e. The first-order valence-electron chi connectivity index (χ1n) is 4.55. The number of hydrogen-bond donors (Lipinski definition) is 3. The first-order chi connectivity index (χ1) is 5.77. The van der Waals surface area contributed by atoms with Crippen LogP contribution in [0.3, 0.4) is 0 Å². The van der Waals surface area contributed by atoms with Gasteiger partial charge in [-0.25, -0.2) is 0 Å². The molecule has 2 nitrogen and oxygen atoms in total. The molecule has 0 bridgehead atoms. The van der Waals surface area contributed by atoms with Gasteiger partial charge in [0.15, 0.2) is 0 Å². The third-order valence-corrected chi connectivity index (χ3v) is 5.71. The molecule has 78 valence electrons.